The number of benzene rings is 2. The van der Waals surface area contributed by atoms with Gasteiger partial charge < -0.3 is 9.64 Å². The van der Waals surface area contributed by atoms with Crippen LogP contribution in [0.1, 0.15) is 27.9 Å². The van der Waals surface area contributed by atoms with Crippen molar-refractivity contribution in [3.05, 3.63) is 71.0 Å². The number of hydrogen-bond acceptors (Lipinski definition) is 3. The zero-order valence-corrected chi connectivity index (χ0v) is 14.5. The fourth-order valence-corrected chi connectivity index (χ4v) is 2.52. The number of rotatable bonds is 7. The Morgan fingerprint density at radius 1 is 1.08 bits per heavy atom. The summed E-state index contributed by atoms with van der Waals surface area (Å²) in [5, 5.41) is 0. The third-order valence-electron chi connectivity index (χ3n) is 3.95. The number of carbonyl (C=O) groups excluding carboxylic acids is 2. The molecular formula is C20H22FNO3. The van der Waals surface area contributed by atoms with Crippen LogP contribution in [0.5, 0.6) is 0 Å². The summed E-state index contributed by atoms with van der Waals surface area (Å²) in [5.41, 5.74) is 2.52. The Morgan fingerprint density at radius 3 is 2.44 bits per heavy atom. The van der Waals surface area contributed by atoms with E-state index in [1.54, 1.807) is 23.1 Å². The van der Waals surface area contributed by atoms with Gasteiger partial charge in [-0.25, -0.2) is 4.39 Å². The molecule has 0 aliphatic rings. The van der Waals surface area contributed by atoms with Crippen molar-refractivity contribution in [2.45, 2.75) is 19.8 Å². The first-order valence-corrected chi connectivity index (χ1v) is 8.17. The van der Waals surface area contributed by atoms with E-state index in [0.29, 0.717) is 18.5 Å². The number of aryl methyl sites for hydroxylation is 1. The molecule has 2 aromatic rings. The smallest absolute Gasteiger partial charge is 0.307 e. The maximum absolute atomic E-state index is 13.0. The first kappa shape index (κ1) is 18.6. The fraction of sp³-hybridized carbons (Fsp3) is 0.300. The Balaban J connectivity index is 2.09. The van der Waals surface area contributed by atoms with Crippen molar-refractivity contribution in [2.24, 2.45) is 0 Å². The minimum Gasteiger partial charge on any atom is -0.469 e. The van der Waals surface area contributed by atoms with E-state index in [2.05, 4.69) is 4.74 Å². The van der Waals surface area contributed by atoms with Gasteiger partial charge in [0.1, 0.15) is 5.82 Å². The number of amides is 1. The summed E-state index contributed by atoms with van der Waals surface area (Å²) in [6, 6.07) is 13.5. The minimum absolute atomic E-state index is 0.130. The molecule has 0 aromatic heterocycles. The summed E-state index contributed by atoms with van der Waals surface area (Å²) in [6.07, 6.45) is 0.719. The van der Waals surface area contributed by atoms with E-state index in [-0.39, 0.29) is 30.7 Å². The van der Waals surface area contributed by atoms with Gasteiger partial charge in [0.25, 0.3) is 5.91 Å². The van der Waals surface area contributed by atoms with Gasteiger partial charge in [0.15, 0.2) is 0 Å². The lowest BCUT2D eigenvalue weighted by Crippen LogP contribution is -2.35. The highest BCUT2D eigenvalue weighted by Gasteiger charge is 2.17. The Morgan fingerprint density at radius 2 is 1.80 bits per heavy atom. The highest BCUT2D eigenvalue weighted by Crippen LogP contribution is 2.11. The van der Waals surface area contributed by atoms with Crippen LogP contribution in [0, 0.1) is 12.7 Å². The van der Waals surface area contributed by atoms with Crippen LogP contribution in [-0.2, 0) is 16.0 Å². The van der Waals surface area contributed by atoms with E-state index in [4.69, 9.17) is 0 Å². The lowest BCUT2D eigenvalue weighted by Gasteiger charge is -2.22. The molecule has 0 bridgehead atoms. The average molecular weight is 343 g/mol. The van der Waals surface area contributed by atoms with Gasteiger partial charge in [0.05, 0.1) is 13.5 Å². The molecule has 0 saturated heterocycles. The second kappa shape index (κ2) is 8.97. The maximum Gasteiger partial charge on any atom is 0.307 e. The van der Waals surface area contributed by atoms with Crippen LogP contribution in [0.15, 0.2) is 48.5 Å². The normalized spacial score (nSPS) is 10.4. The van der Waals surface area contributed by atoms with E-state index in [1.807, 2.05) is 25.1 Å². The molecule has 0 aliphatic heterocycles. The predicted octanol–water partition coefficient (Wildman–Crippen LogP) is 3.38. The van der Waals surface area contributed by atoms with Gasteiger partial charge in [-0.2, -0.15) is 0 Å². The zero-order chi connectivity index (χ0) is 18.2. The van der Waals surface area contributed by atoms with E-state index in [0.717, 1.165) is 11.1 Å². The number of halogens is 1. The van der Waals surface area contributed by atoms with E-state index < -0.39 is 0 Å². The highest BCUT2D eigenvalue weighted by atomic mass is 19.1. The molecule has 0 atom stereocenters. The van der Waals surface area contributed by atoms with Crippen molar-refractivity contribution in [1.82, 2.24) is 4.90 Å². The summed E-state index contributed by atoms with van der Waals surface area (Å²) in [6.45, 7) is 2.64. The van der Waals surface area contributed by atoms with Gasteiger partial charge in [-0.3, -0.25) is 9.59 Å². The molecule has 25 heavy (non-hydrogen) atoms. The van der Waals surface area contributed by atoms with Crippen molar-refractivity contribution in [3.63, 3.8) is 0 Å². The molecule has 4 nitrogen and oxygen atoms in total. The average Bonchev–Trinajstić information content (AvgIpc) is 2.62. The summed E-state index contributed by atoms with van der Waals surface area (Å²) in [5.74, 6) is -0.777. The number of esters is 1. The molecule has 0 fully saturated rings. The standard InChI is InChI=1S/C20H22FNO3/c1-15-4-3-5-17(14-15)20(24)22(13-11-19(23)25-2)12-10-16-6-8-18(21)9-7-16/h3-9,14H,10-13H2,1-2H3. The molecule has 0 unspecified atom stereocenters. The molecule has 0 saturated carbocycles. The monoisotopic (exact) mass is 343 g/mol. The molecule has 0 radical (unpaired) electrons. The van der Waals surface area contributed by atoms with Gasteiger partial charge in [-0.1, -0.05) is 29.8 Å². The quantitative estimate of drug-likeness (QED) is 0.724. The van der Waals surface area contributed by atoms with Gasteiger partial charge in [-0.05, 0) is 43.2 Å². The Kier molecular flexibility index (Phi) is 6.69. The van der Waals surface area contributed by atoms with Crippen molar-refractivity contribution in [2.75, 3.05) is 20.2 Å². The van der Waals surface area contributed by atoms with Crippen molar-refractivity contribution < 1.29 is 18.7 Å². The third-order valence-corrected chi connectivity index (χ3v) is 3.95. The fourth-order valence-electron chi connectivity index (χ4n) is 2.52. The van der Waals surface area contributed by atoms with Crippen molar-refractivity contribution in [1.29, 1.82) is 0 Å². The number of hydrogen-bond donors (Lipinski definition) is 0. The Bertz CT molecular complexity index is 728. The molecule has 132 valence electrons. The van der Waals surface area contributed by atoms with Crippen LogP contribution >= 0.6 is 0 Å². The molecule has 2 rings (SSSR count). The molecule has 0 aliphatic carbocycles. The van der Waals surface area contributed by atoms with Crippen LogP contribution in [0.3, 0.4) is 0 Å². The van der Waals surface area contributed by atoms with Crippen LogP contribution < -0.4 is 0 Å². The largest absolute Gasteiger partial charge is 0.469 e. The van der Waals surface area contributed by atoms with Crippen molar-refractivity contribution >= 4 is 11.9 Å². The number of methoxy groups -OCH3 is 1. The van der Waals surface area contributed by atoms with Crippen LogP contribution in [0.25, 0.3) is 0 Å². The Labute approximate surface area is 147 Å². The second-order valence-electron chi connectivity index (χ2n) is 5.86. The lowest BCUT2D eigenvalue weighted by atomic mass is 10.1. The summed E-state index contributed by atoms with van der Waals surface area (Å²) < 4.78 is 17.7. The van der Waals surface area contributed by atoms with Gasteiger partial charge >= 0.3 is 5.97 Å². The van der Waals surface area contributed by atoms with Crippen molar-refractivity contribution in [3.8, 4) is 0 Å². The molecule has 2 aromatic carbocycles. The number of ether oxygens (including phenoxy) is 1. The maximum atomic E-state index is 13.0. The predicted molar refractivity (Wildman–Crippen MR) is 93.8 cm³/mol. The van der Waals surface area contributed by atoms with E-state index in [9.17, 15) is 14.0 Å². The van der Waals surface area contributed by atoms with Gasteiger partial charge in [0.2, 0.25) is 0 Å². The van der Waals surface area contributed by atoms with Gasteiger partial charge in [-0.15, -0.1) is 0 Å². The molecule has 5 heteroatoms. The van der Waals surface area contributed by atoms with Crippen LogP contribution in [-0.4, -0.2) is 37.0 Å². The lowest BCUT2D eigenvalue weighted by molar-refractivity contribution is -0.140. The van der Waals surface area contributed by atoms with Crippen LogP contribution in [0.4, 0.5) is 4.39 Å². The SMILES string of the molecule is COC(=O)CCN(CCc1ccc(F)cc1)C(=O)c1cccc(C)c1. The Hall–Kier alpha value is -2.69. The van der Waals surface area contributed by atoms with Gasteiger partial charge in [0, 0.05) is 18.7 Å². The number of nitrogens with zero attached hydrogens (tertiary/aromatic N) is 1. The summed E-state index contributed by atoms with van der Waals surface area (Å²) in [7, 11) is 1.33. The topological polar surface area (TPSA) is 46.6 Å². The molecule has 0 N–H and O–H groups in total. The number of carbonyl (C=O) groups is 2. The minimum atomic E-state index is -0.358. The molecule has 0 heterocycles. The molecule has 0 spiro atoms. The van der Waals surface area contributed by atoms with E-state index >= 15 is 0 Å². The first-order chi connectivity index (χ1) is 12.0. The second-order valence-corrected chi connectivity index (χ2v) is 5.86. The summed E-state index contributed by atoms with van der Waals surface area (Å²) in [4.78, 5) is 25.9. The summed E-state index contributed by atoms with van der Waals surface area (Å²) >= 11 is 0. The highest BCUT2D eigenvalue weighted by molar-refractivity contribution is 5.94. The van der Waals surface area contributed by atoms with E-state index in [1.165, 1.54) is 19.2 Å². The molecular weight excluding hydrogens is 321 g/mol. The third kappa shape index (κ3) is 5.71. The first-order valence-electron chi connectivity index (χ1n) is 8.17. The zero-order valence-electron chi connectivity index (χ0n) is 14.5. The molecule has 1 amide bonds. The van der Waals surface area contributed by atoms with Crippen LogP contribution in [0.2, 0.25) is 0 Å².